The molecule has 0 radical (unpaired) electrons. The van der Waals surface area contributed by atoms with E-state index in [1.807, 2.05) is 20.8 Å². The third-order valence-corrected chi connectivity index (χ3v) is 3.24. The van der Waals surface area contributed by atoms with Crippen LogP contribution in [0, 0.1) is 21.3 Å². The lowest BCUT2D eigenvalue weighted by molar-refractivity contribution is -0.384. The normalized spacial score (nSPS) is 12.8. The summed E-state index contributed by atoms with van der Waals surface area (Å²) in [7, 11) is 0. The molecule has 0 aromatic heterocycles. The molecule has 1 atom stereocenters. The van der Waals surface area contributed by atoms with Crippen molar-refractivity contribution in [3.05, 3.63) is 33.6 Å². The molecule has 0 aliphatic rings. The quantitative estimate of drug-likeness (QED) is 0.505. The Kier molecular flexibility index (Phi) is 4.32. The number of nitrogen functional groups attached to an aromatic ring is 1. The second-order valence-corrected chi connectivity index (χ2v) is 5.67. The summed E-state index contributed by atoms with van der Waals surface area (Å²) in [5, 5.41) is 13.4. The molecular formula is C13H18FN3O3. The highest BCUT2D eigenvalue weighted by Crippen LogP contribution is 2.28. The van der Waals surface area contributed by atoms with E-state index in [1.54, 1.807) is 6.92 Å². The molecule has 1 unspecified atom stereocenters. The summed E-state index contributed by atoms with van der Waals surface area (Å²) >= 11 is 0. The predicted molar refractivity (Wildman–Crippen MR) is 73.9 cm³/mol. The second-order valence-electron chi connectivity index (χ2n) is 5.67. The van der Waals surface area contributed by atoms with Gasteiger partial charge in [-0.3, -0.25) is 14.9 Å². The van der Waals surface area contributed by atoms with Crippen LogP contribution in [-0.2, 0) is 0 Å². The zero-order valence-electron chi connectivity index (χ0n) is 11.9. The van der Waals surface area contributed by atoms with Crippen molar-refractivity contribution in [2.45, 2.75) is 33.7 Å². The number of amides is 1. The zero-order valence-corrected chi connectivity index (χ0v) is 11.9. The Bertz CT molecular complexity index is 553. The van der Waals surface area contributed by atoms with Crippen LogP contribution in [0.25, 0.3) is 0 Å². The molecular weight excluding hydrogens is 265 g/mol. The van der Waals surface area contributed by atoms with E-state index in [2.05, 4.69) is 5.32 Å². The van der Waals surface area contributed by atoms with Crippen molar-refractivity contribution in [3.8, 4) is 0 Å². The topological polar surface area (TPSA) is 98.3 Å². The maximum Gasteiger partial charge on any atom is 0.293 e. The summed E-state index contributed by atoms with van der Waals surface area (Å²) in [5.41, 5.74) is 3.85. The van der Waals surface area contributed by atoms with Crippen molar-refractivity contribution in [2.24, 2.45) is 5.41 Å². The van der Waals surface area contributed by atoms with Gasteiger partial charge in [-0.1, -0.05) is 20.8 Å². The van der Waals surface area contributed by atoms with E-state index in [4.69, 9.17) is 5.73 Å². The van der Waals surface area contributed by atoms with Crippen molar-refractivity contribution in [2.75, 3.05) is 5.73 Å². The van der Waals surface area contributed by atoms with Crippen molar-refractivity contribution in [1.29, 1.82) is 0 Å². The SMILES string of the molecule is CC(NC(=O)c1c(F)ccc([N+](=O)[O-])c1N)C(C)(C)C. The van der Waals surface area contributed by atoms with Gasteiger partial charge in [-0.15, -0.1) is 0 Å². The summed E-state index contributed by atoms with van der Waals surface area (Å²) in [4.78, 5) is 22.1. The van der Waals surface area contributed by atoms with Gasteiger partial charge < -0.3 is 11.1 Å². The van der Waals surface area contributed by atoms with Gasteiger partial charge >= 0.3 is 0 Å². The van der Waals surface area contributed by atoms with Gasteiger partial charge in [0.15, 0.2) is 0 Å². The number of nitro groups is 1. The molecule has 0 fully saturated rings. The molecule has 6 nitrogen and oxygen atoms in total. The summed E-state index contributed by atoms with van der Waals surface area (Å²) in [6, 6.07) is 1.55. The van der Waals surface area contributed by atoms with E-state index in [0.717, 1.165) is 12.1 Å². The number of carbonyl (C=O) groups is 1. The molecule has 1 aromatic rings. The largest absolute Gasteiger partial charge is 0.392 e. The van der Waals surface area contributed by atoms with E-state index in [9.17, 15) is 19.3 Å². The van der Waals surface area contributed by atoms with E-state index >= 15 is 0 Å². The summed E-state index contributed by atoms with van der Waals surface area (Å²) < 4.78 is 13.7. The molecule has 1 rings (SSSR count). The molecule has 1 amide bonds. The number of nitrogens with one attached hydrogen (secondary N) is 1. The van der Waals surface area contributed by atoms with E-state index in [1.165, 1.54) is 0 Å². The number of nitro benzene ring substituents is 1. The maximum absolute atomic E-state index is 13.7. The van der Waals surface area contributed by atoms with Crippen LogP contribution in [0.5, 0.6) is 0 Å². The molecule has 0 spiro atoms. The highest BCUT2D eigenvalue weighted by atomic mass is 19.1. The van der Waals surface area contributed by atoms with Gasteiger partial charge in [-0.2, -0.15) is 0 Å². The minimum atomic E-state index is -0.883. The lowest BCUT2D eigenvalue weighted by Crippen LogP contribution is -2.42. The van der Waals surface area contributed by atoms with Gasteiger partial charge in [0.05, 0.1) is 4.92 Å². The average molecular weight is 283 g/mol. The standard InChI is InChI=1S/C13H18FN3O3/c1-7(13(2,3)4)16-12(18)10-8(14)5-6-9(11(10)15)17(19)20/h5-7H,15H2,1-4H3,(H,16,18). The fourth-order valence-electron chi connectivity index (χ4n) is 1.46. The van der Waals surface area contributed by atoms with Crippen molar-refractivity contribution in [3.63, 3.8) is 0 Å². The molecule has 0 aliphatic heterocycles. The Hall–Kier alpha value is -2.18. The van der Waals surface area contributed by atoms with Crippen LogP contribution < -0.4 is 11.1 Å². The number of carbonyl (C=O) groups excluding carboxylic acids is 1. The van der Waals surface area contributed by atoms with Crippen LogP contribution in [0.4, 0.5) is 15.8 Å². The number of nitrogens with two attached hydrogens (primary N) is 1. The molecule has 7 heteroatoms. The molecule has 0 saturated carbocycles. The van der Waals surface area contributed by atoms with Gasteiger partial charge in [-0.25, -0.2) is 4.39 Å². The number of halogens is 1. The predicted octanol–water partition coefficient (Wildman–Crippen LogP) is 2.48. The zero-order chi connectivity index (χ0) is 15.7. The Morgan fingerprint density at radius 3 is 2.45 bits per heavy atom. The summed E-state index contributed by atoms with van der Waals surface area (Å²) in [6.07, 6.45) is 0. The first-order valence-corrected chi connectivity index (χ1v) is 6.09. The smallest absolute Gasteiger partial charge is 0.293 e. The summed E-state index contributed by atoms with van der Waals surface area (Å²) in [5.74, 6) is -1.64. The van der Waals surface area contributed by atoms with Gasteiger partial charge in [0.25, 0.3) is 11.6 Å². The number of hydrogen-bond acceptors (Lipinski definition) is 4. The monoisotopic (exact) mass is 283 g/mol. The molecule has 1 aromatic carbocycles. The fourth-order valence-corrected chi connectivity index (χ4v) is 1.46. The van der Waals surface area contributed by atoms with Gasteiger partial charge in [0.2, 0.25) is 0 Å². The van der Waals surface area contributed by atoms with Crippen LogP contribution in [0.1, 0.15) is 38.1 Å². The molecule has 0 aliphatic carbocycles. The van der Waals surface area contributed by atoms with Gasteiger partial charge in [0.1, 0.15) is 17.1 Å². The highest BCUT2D eigenvalue weighted by molar-refractivity contribution is 6.01. The van der Waals surface area contributed by atoms with Gasteiger partial charge in [-0.05, 0) is 18.4 Å². The van der Waals surface area contributed by atoms with Crippen molar-refractivity contribution in [1.82, 2.24) is 5.32 Å². The fraction of sp³-hybridized carbons (Fsp3) is 0.462. The molecule has 20 heavy (non-hydrogen) atoms. The minimum Gasteiger partial charge on any atom is -0.392 e. The van der Waals surface area contributed by atoms with Crippen LogP contribution in [0.3, 0.4) is 0 Å². The van der Waals surface area contributed by atoms with Crippen LogP contribution in [0.2, 0.25) is 0 Å². The van der Waals surface area contributed by atoms with Crippen LogP contribution in [0.15, 0.2) is 12.1 Å². The molecule has 0 saturated heterocycles. The molecule has 110 valence electrons. The van der Waals surface area contributed by atoms with E-state index in [0.29, 0.717) is 0 Å². The second kappa shape index (κ2) is 5.44. The maximum atomic E-state index is 13.7. The first kappa shape index (κ1) is 15.9. The highest BCUT2D eigenvalue weighted by Gasteiger charge is 2.27. The third-order valence-electron chi connectivity index (χ3n) is 3.24. The first-order chi connectivity index (χ1) is 9.05. The molecule has 0 bridgehead atoms. The van der Waals surface area contributed by atoms with Crippen molar-refractivity contribution >= 4 is 17.3 Å². The van der Waals surface area contributed by atoms with Crippen LogP contribution >= 0.6 is 0 Å². The number of nitrogens with zero attached hydrogens (tertiary/aromatic N) is 1. The number of anilines is 1. The van der Waals surface area contributed by atoms with Gasteiger partial charge in [0, 0.05) is 12.1 Å². The summed E-state index contributed by atoms with van der Waals surface area (Å²) in [6.45, 7) is 7.49. The number of rotatable bonds is 3. The van der Waals surface area contributed by atoms with E-state index < -0.39 is 33.6 Å². The average Bonchev–Trinajstić information content (AvgIpc) is 2.26. The number of benzene rings is 1. The first-order valence-electron chi connectivity index (χ1n) is 6.09. The number of hydrogen-bond donors (Lipinski definition) is 2. The minimum absolute atomic E-state index is 0.235. The Morgan fingerprint density at radius 1 is 1.45 bits per heavy atom. The Balaban J connectivity index is 3.17. The van der Waals surface area contributed by atoms with Crippen molar-refractivity contribution < 1.29 is 14.1 Å². The Labute approximate surface area is 116 Å². The lowest BCUT2D eigenvalue weighted by atomic mass is 9.88. The Morgan fingerprint density at radius 2 is 2.00 bits per heavy atom. The van der Waals surface area contributed by atoms with E-state index in [-0.39, 0.29) is 11.5 Å². The third kappa shape index (κ3) is 3.23. The van der Waals surface area contributed by atoms with Crippen LogP contribution in [-0.4, -0.2) is 16.9 Å². The molecule has 3 N–H and O–H groups in total. The lowest BCUT2D eigenvalue weighted by Gasteiger charge is -2.28. The molecule has 0 heterocycles.